The van der Waals surface area contributed by atoms with Crippen LogP contribution in [0, 0.1) is 0 Å². The van der Waals surface area contributed by atoms with Gasteiger partial charge in [-0.15, -0.1) is 0 Å². The maximum atomic E-state index is 10.4. The normalized spacial score (nSPS) is 9.00. The van der Waals surface area contributed by atoms with Crippen LogP contribution in [-0.4, -0.2) is 31.0 Å². The number of carbonyl (C=O) groups excluding carboxylic acids is 1. The number of rotatable bonds is 4. The summed E-state index contributed by atoms with van der Waals surface area (Å²) in [5.41, 5.74) is 4.66. The molecule has 0 atom stereocenters. The molecule has 5 nitrogen and oxygen atoms in total. The summed E-state index contributed by atoms with van der Waals surface area (Å²) in [6.45, 7) is 2.35. The second-order valence-corrected chi connectivity index (χ2v) is 1.50. The van der Waals surface area contributed by atoms with Crippen LogP contribution in [0.4, 0.5) is 4.79 Å². The molecular weight excluding hydrogens is 136 g/mol. The van der Waals surface area contributed by atoms with E-state index in [4.69, 9.17) is 5.11 Å². The minimum atomic E-state index is -0.532. The van der Waals surface area contributed by atoms with Crippen molar-refractivity contribution < 1.29 is 14.6 Å². The first kappa shape index (κ1) is 9.19. The third kappa shape index (κ3) is 5.33. The van der Waals surface area contributed by atoms with E-state index in [0.29, 0.717) is 13.2 Å². The summed E-state index contributed by atoms with van der Waals surface area (Å²) < 4.78 is 4.49. The highest BCUT2D eigenvalue weighted by molar-refractivity contribution is 5.66. The van der Waals surface area contributed by atoms with Crippen molar-refractivity contribution in [1.82, 2.24) is 10.9 Å². The molecule has 0 aromatic carbocycles. The Kier molecular flexibility index (Phi) is 5.80. The average molecular weight is 148 g/mol. The summed E-state index contributed by atoms with van der Waals surface area (Å²) in [7, 11) is 0. The Balaban J connectivity index is 3.05. The summed E-state index contributed by atoms with van der Waals surface area (Å²) >= 11 is 0. The van der Waals surface area contributed by atoms with Crippen LogP contribution in [0.2, 0.25) is 0 Å². The van der Waals surface area contributed by atoms with Crippen LogP contribution in [0.3, 0.4) is 0 Å². The van der Waals surface area contributed by atoms with Crippen LogP contribution in [0.25, 0.3) is 0 Å². The number of nitrogens with one attached hydrogen (secondary N) is 2. The Morgan fingerprint density at radius 3 is 2.90 bits per heavy atom. The number of aliphatic hydroxyl groups excluding tert-OH is 1. The lowest BCUT2D eigenvalue weighted by Gasteiger charge is -2.04. The molecule has 0 bridgehead atoms. The van der Waals surface area contributed by atoms with E-state index in [1.54, 1.807) is 6.92 Å². The van der Waals surface area contributed by atoms with Crippen LogP contribution < -0.4 is 10.9 Å². The zero-order valence-electron chi connectivity index (χ0n) is 5.89. The third-order valence-electron chi connectivity index (χ3n) is 0.703. The van der Waals surface area contributed by atoms with Gasteiger partial charge in [-0.05, 0) is 6.92 Å². The standard InChI is InChI=1S/C5H12N2O3/c1-2-10-5(9)7-6-3-4-8/h6,8H,2-4H2,1H3,(H,7,9). The molecular formula is C5H12N2O3. The zero-order valence-corrected chi connectivity index (χ0v) is 5.89. The number of ether oxygens (including phenoxy) is 1. The number of hydrogen-bond acceptors (Lipinski definition) is 4. The molecule has 0 aliphatic carbocycles. The van der Waals surface area contributed by atoms with Crippen molar-refractivity contribution in [1.29, 1.82) is 0 Å². The Labute approximate surface area is 59.3 Å². The van der Waals surface area contributed by atoms with E-state index in [1.807, 2.05) is 0 Å². The first-order valence-corrected chi connectivity index (χ1v) is 3.07. The SMILES string of the molecule is CCOC(=O)NNCCO. The van der Waals surface area contributed by atoms with Crippen LogP contribution in [0.1, 0.15) is 6.92 Å². The molecule has 0 unspecified atom stereocenters. The molecule has 5 heteroatoms. The van der Waals surface area contributed by atoms with Gasteiger partial charge < -0.3 is 9.84 Å². The molecule has 0 fully saturated rings. The molecule has 0 spiro atoms. The molecule has 0 saturated heterocycles. The van der Waals surface area contributed by atoms with Crippen molar-refractivity contribution in [3.63, 3.8) is 0 Å². The fourth-order valence-corrected chi connectivity index (χ4v) is 0.358. The number of carbonyl (C=O) groups is 1. The summed E-state index contributed by atoms with van der Waals surface area (Å²) in [5.74, 6) is 0. The molecule has 60 valence electrons. The lowest BCUT2D eigenvalue weighted by atomic mass is 10.7. The highest BCUT2D eigenvalue weighted by Crippen LogP contribution is 1.71. The minimum Gasteiger partial charge on any atom is -0.449 e. The van der Waals surface area contributed by atoms with Gasteiger partial charge in [0, 0.05) is 6.54 Å². The van der Waals surface area contributed by atoms with Crippen molar-refractivity contribution in [2.45, 2.75) is 6.92 Å². The predicted molar refractivity (Wildman–Crippen MR) is 35.2 cm³/mol. The quantitative estimate of drug-likeness (QED) is 0.361. The molecule has 0 aliphatic rings. The second-order valence-electron chi connectivity index (χ2n) is 1.50. The van der Waals surface area contributed by atoms with E-state index >= 15 is 0 Å². The number of aliphatic hydroxyl groups is 1. The topological polar surface area (TPSA) is 70.6 Å². The number of hydrazine groups is 1. The van der Waals surface area contributed by atoms with Crippen molar-refractivity contribution in [3.05, 3.63) is 0 Å². The maximum Gasteiger partial charge on any atom is 0.421 e. The van der Waals surface area contributed by atoms with E-state index in [-0.39, 0.29) is 6.61 Å². The largest absolute Gasteiger partial charge is 0.449 e. The number of hydrogen-bond donors (Lipinski definition) is 3. The Morgan fingerprint density at radius 1 is 1.70 bits per heavy atom. The third-order valence-corrected chi connectivity index (χ3v) is 0.703. The molecule has 0 aromatic rings. The van der Waals surface area contributed by atoms with Crippen LogP contribution >= 0.6 is 0 Å². The molecule has 0 radical (unpaired) electrons. The van der Waals surface area contributed by atoms with E-state index in [1.165, 1.54) is 0 Å². The molecule has 3 N–H and O–H groups in total. The van der Waals surface area contributed by atoms with E-state index in [2.05, 4.69) is 15.6 Å². The second kappa shape index (κ2) is 6.31. The van der Waals surface area contributed by atoms with Crippen LogP contribution in [-0.2, 0) is 4.74 Å². The molecule has 0 rings (SSSR count). The predicted octanol–water partition coefficient (Wildman–Crippen LogP) is -0.771. The Bertz CT molecular complexity index is 96.9. The van der Waals surface area contributed by atoms with E-state index < -0.39 is 6.09 Å². The van der Waals surface area contributed by atoms with Gasteiger partial charge in [0.15, 0.2) is 0 Å². The van der Waals surface area contributed by atoms with Gasteiger partial charge in [0.2, 0.25) is 0 Å². The van der Waals surface area contributed by atoms with Crippen molar-refractivity contribution in [2.24, 2.45) is 0 Å². The highest BCUT2D eigenvalue weighted by atomic mass is 16.5. The van der Waals surface area contributed by atoms with Crippen molar-refractivity contribution in [2.75, 3.05) is 19.8 Å². The van der Waals surface area contributed by atoms with Gasteiger partial charge in [-0.3, -0.25) is 5.43 Å². The molecule has 0 aliphatic heterocycles. The van der Waals surface area contributed by atoms with Crippen LogP contribution in [0.15, 0.2) is 0 Å². The van der Waals surface area contributed by atoms with E-state index in [9.17, 15) is 4.79 Å². The maximum absolute atomic E-state index is 10.4. The summed E-state index contributed by atoms with van der Waals surface area (Å²) in [6.07, 6.45) is -0.532. The lowest BCUT2D eigenvalue weighted by Crippen LogP contribution is -2.39. The smallest absolute Gasteiger partial charge is 0.421 e. The Hall–Kier alpha value is -0.810. The van der Waals surface area contributed by atoms with Gasteiger partial charge in [-0.2, -0.15) is 0 Å². The van der Waals surface area contributed by atoms with Gasteiger partial charge in [0.05, 0.1) is 13.2 Å². The fraction of sp³-hybridized carbons (Fsp3) is 0.800. The molecule has 10 heavy (non-hydrogen) atoms. The summed E-state index contributed by atoms with van der Waals surface area (Å²) in [5, 5.41) is 8.25. The first-order chi connectivity index (χ1) is 4.81. The first-order valence-electron chi connectivity index (χ1n) is 3.07. The highest BCUT2D eigenvalue weighted by Gasteiger charge is 1.95. The fourth-order valence-electron chi connectivity index (χ4n) is 0.358. The summed E-state index contributed by atoms with van der Waals surface area (Å²) in [6, 6.07) is 0. The van der Waals surface area contributed by atoms with Crippen LogP contribution in [0.5, 0.6) is 0 Å². The minimum absolute atomic E-state index is 0.0214. The average Bonchev–Trinajstić information content (AvgIpc) is 1.89. The Morgan fingerprint density at radius 2 is 2.40 bits per heavy atom. The molecule has 0 heterocycles. The monoisotopic (exact) mass is 148 g/mol. The van der Waals surface area contributed by atoms with Gasteiger partial charge in [0.1, 0.15) is 0 Å². The molecule has 0 aromatic heterocycles. The molecule has 0 saturated carbocycles. The lowest BCUT2D eigenvalue weighted by molar-refractivity contribution is 0.146. The summed E-state index contributed by atoms with van der Waals surface area (Å²) in [4.78, 5) is 10.4. The van der Waals surface area contributed by atoms with Gasteiger partial charge in [0.25, 0.3) is 0 Å². The molecule has 1 amide bonds. The van der Waals surface area contributed by atoms with E-state index in [0.717, 1.165) is 0 Å². The van der Waals surface area contributed by atoms with Crippen molar-refractivity contribution in [3.8, 4) is 0 Å². The van der Waals surface area contributed by atoms with Crippen molar-refractivity contribution >= 4 is 6.09 Å². The van der Waals surface area contributed by atoms with Gasteiger partial charge in [-0.1, -0.05) is 0 Å². The zero-order chi connectivity index (χ0) is 7.82. The van der Waals surface area contributed by atoms with Gasteiger partial charge in [-0.25, -0.2) is 10.2 Å². The number of amides is 1. The van der Waals surface area contributed by atoms with Gasteiger partial charge >= 0.3 is 6.09 Å².